The molecule has 0 aliphatic carbocycles. The van der Waals surface area contributed by atoms with E-state index < -0.39 is 5.97 Å². The molecule has 7 heteroatoms. The first-order valence-electron chi connectivity index (χ1n) is 9.30. The first-order chi connectivity index (χ1) is 13.9. The second kappa shape index (κ2) is 7.43. The minimum absolute atomic E-state index is 0.106. The monoisotopic (exact) mass is 391 g/mol. The van der Waals surface area contributed by atoms with E-state index >= 15 is 0 Å². The number of rotatable bonds is 6. The van der Waals surface area contributed by atoms with Gasteiger partial charge in [0.15, 0.2) is 12.4 Å². The fraction of sp³-hybridized carbons (Fsp3) is 0.227. The van der Waals surface area contributed by atoms with Gasteiger partial charge >= 0.3 is 5.97 Å². The minimum Gasteiger partial charge on any atom is -0.457 e. The summed E-state index contributed by atoms with van der Waals surface area (Å²) in [6.07, 6.45) is 1.90. The number of aryl methyl sites for hydroxylation is 2. The zero-order valence-corrected chi connectivity index (χ0v) is 16.5. The van der Waals surface area contributed by atoms with Crippen LogP contribution in [-0.2, 0) is 16.0 Å². The highest BCUT2D eigenvalue weighted by atomic mass is 16.5. The van der Waals surface area contributed by atoms with E-state index in [1.165, 1.54) is 0 Å². The average Bonchev–Trinajstić information content (AvgIpc) is 3.38. The predicted molar refractivity (Wildman–Crippen MR) is 107 cm³/mol. The quantitative estimate of drug-likeness (QED) is 0.398. The number of Topliss-reactive ketones (excluding diaryl/α,β-unsaturated/α-hetero) is 1. The summed E-state index contributed by atoms with van der Waals surface area (Å²) in [6.45, 7) is 5.22. The number of ether oxygens (including phenoxy) is 1. The van der Waals surface area contributed by atoms with Crippen molar-refractivity contribution in [1.29, 1.82) is 0 Å². The molecule has 0 saturated heterocycles. The molecule has 0 aliphatic rings. The highest BCUT2D eigenvalue weighted by Gasteiger charge is 2.20. The summed E-state index contributed by atoms with van der Waals surface area (Å²) in [5.74, 6) is 0.611. The molecule has 0 fully saturated rings. The van der Waals surface area contributed by atoms with Gasteiger partial charge in [-0.05, 0) is 38.5 Å². The second-order valence-corrected chi connectivity index (χ2v) is 7.04. The number of aromatic nitrogens is 3. The number of nitrogens with one attached hydrogen (secondary N) is 1. The van der Waals surface area contributed by atoms with Gasteiger partial charge in [-0.1, -0.05) is 23.4 Å². The molecular weight excluding hydrogens is 370 g/mol. The standard InChI is InChI=1S/C22H21N3O4/c1-13-8-18(15(3)25(13)21-9-14(2)29-24-21)20(26)12-28-22(27)10-16-11-23-19-7-5-4-6-17(16)19/h4-9,11,23H,10,12H2,1-3H3. The molecule has 4 rings (SSSR count). The Bertz CT molecular complexity index is 1210. The Morgan fingerprint density at radius 2 is 1.97 bits per heavy atom. The average molecular weight is 391 g/mol. The van der Waals surface area contributed by atoms with Crippen LogP contribution >= 0.6 is 0 Å². The van der Waals surface area contributed by atoms with Gasteiger partial charge in [0.05, 0.1) is 6.42 Å². The Balaban J connectivity index is 1.44. The van der Waals surface area contributed by atoms with Crippen LogP contribution in [0.3, 0.4) is 0 Å². The number of hydrogen-bond acceptors (Lipinski definition) is 5. The number of aromatic amines is 1. The molecule has 4 aromatic rings. The number of ketones is 1. The van der Waals surface area contributed by atoms with E-state index in [0.29, 0.717) is 17.1 Å². The van der Waals surface area contributed by atoms with Gasteiger partial charge in [0.25, 0.3) is 0 Å². The maximum absolute atomic E-state index is 12.6. The summed E-state index contributed by atoms with van der Waals surface area (Å²) in [5, 5.41) is 4.98. The lowest BCUT2D eigenvalue weighted by Gasteiger charge is -2.06. The van der Waals surface area contributed by atoms with Gasteiger partial charge in [-0.15, -0.1) is 0 Å². The molecule has 0 unspecified atom stereocenters. The third-order valence-corrected chi connectivity index (χ3v) is 4.95. The van der Waals surface area contributed by atoms with Gasteiger partial charge in [0.2, 0.25) is 5.78 Å². The number of carbonyl (C=O) groups is 2. The van der Waals surface area contributed by atoms with E-state index in [2.05, 4.69) is 10.1 Å². The molecule has 7 nitrogen and oxygen atoms in total. The molecule has 0 amide bonds. The molecule has 0 spiro atoms. The smallest absolute Gasteiger partial charge is 0.310 e. The predicted octanol–water partition coefficient (Wildman–Crippen LogP) is 3.84. The van der Waals surface area contributed by atoms with E-state index in [9.17, 15) is 9.59 Å². The van der Waals surface area contributed by atoms with Crippen molar-refractivity contribution in [3.63, 3.8) is 0 Å². The second-order valence-electron chi connectivity index (χ2n) is 7.04. The van der Waals surface area contributed by atoms with Gasteiger partial charge in [-0.3, -0.25) is 14.2 Å². The molecule has 0 radical (unpaired) electrons. The van der Waals surface area contributed by atoms with Crippen LogP contribution in [0.1, 0.15) is 33.1 Å². The Labute approximate surface area is 167 Å². The number of carbonyl (C=O) groups excluding carboxylic acids is 2. The van der Waals surface area contributed by atoms with Crippen LogP contribution in [0.2, 0.25) is 0 Å². The summed E-state index contributed by atoms with van der Waals surface area (Å²) >= 11 is 0. The Morgan fingerprint density at radius 1 is 1.17 bits per heavy atom. The summed E-state index contributed by atoms with van der Waals surface area (Å²) in [4.78, 5) is 28.0. The third-order valence-electron chi connectivity index (χ3n) is 4.95. The fourth-order valence-electron chi connectivity index (χ4n) is 3.56. The molecule has 29 heavy (non-hydrogen) atoms. The first kappa shape index (κ1) is 18.7. The van der Waals surface area contributed by atoms with Crippen molar-refractivity contribution in [1.82, 2.24) is 14.7 Å². The minimum atomic E-state index is -0.441. The van der Waals surface area contributed by atoms with Crippen molar-refractivity contribution in [2.24, 2.45) is 0 Å². The number of esters is 1. The summed E-state index contributed by atoms with van der Waals surface area (Å²) < 4.78 is 12.2. The van der Waals surface area contributed by atoms with Crippen molar-refractivity contribution in [2.45, 2.75) is 27.2 Å². The van der Waals surface area contributed by atoms with Crippen molar-refractivity contribution >= 4 is 22.7 Å². The maximum atomic E-state index is 12.6. The molecular formula is C22H21N3O4. The Morgan fingerprint density at radius 3 is 2.72 bits per heavy atom. The van der Waals surface area contributed by atoms with Crippen LogP contribution in [0.25, 0.3) is 16.7 Å². The first-order valence-corrected chi connectivity index (χ1v) is 9.30. The number of nitrogens with zero attached hydrogens (tertiary/aromatic N) is 2. The van der Waals surface area contributed by atoms with E-state index in [-0.39, 0.29) is 18.8 Å². The van der Waals surface area contributed by atoms with E-state index in [4.69, 9.17) is 9.26 Å². The molecule has 3 aromatic heterocycles. The molecule has 0 bridgehead atoms. The van der Waals surface area contributed by atoms with Crippen LogP contribution < -0.4 is 0 Å². The zero-order valence-electron chi connectivity index (χ0n) is 16.5. The van der Waals surface area contributed by atoms with Crippen LogP contribution in [0.4, 0.5) is 0 Å². The zero-order chi connectivity index (χ0) is 20.5. The van der Waals surface area contributed by atoms with Gasteiger partial charge in [0, 0.05) is 40.1 Å². The molecule has 148 valence electrons. The number of benzene rings is 1. The van der Waals surface area contributed by atoms with Crippen LogP contribution in [0.5, 0.6) is 0 Å². The summed E-state index contributed by atoms with van der Waals surface area (Å²) in [6, 6.07) is 11.3. The third kappa shape index (κ3) is 3.59. The summed E-state index contributed by atoms with van der Waals surface area (Å²) in [5.41, 5.74) is 3.89. The van der Waals surface area contributed by atoms with Gasteiger partial charge in [0.1, 0.15) is 5.76 Å². The van der Waals surface area contributed by atoms with Crippen molar-refractivity contribution in [3.8, 4) is 5.82 Å². The topological polar surface area (TPSA) is 90.1 Å². The number of para-hydroxylation sites is 1. The lowest BCUT2D eigenvalue weighted by atomic mass is 10.1. The Kier molecular flexibility index (Phi) is 4.80. The summed E-state index contributed by atoms with van der Waals surface area (Å²) in [7, 11) is 0. The van der Waals surface area contributed by atoms with Crippen LogP contribution in [0.15, 0.2) is 47.1 Å². The molecule has 3 heterocycles. The van der Waals surface area contributed by atoms with E-state index in [1.807, 2.05) is 49.6 Å². The molecule has 1 N–H and O–H groups in total. The van der Waals surface area contributed by atoms with Gasteiger partial charge < -0.3 is 14.2 Å². The van der Waals surface area contributed by atoms with Gasteiger partial charge in [-0.2, -0.15) is 0 Å². The molecule has 0 saturated carbocycles. The SMILES string of the molecule is Cc1cc(-n2c(C)cc(C(=O)COC(=O)Cc3c[nH]c4ccccc34)c2C)no1. The van der Waals surface area contributed by atoms with Crippen molar-refractivity contribution in [2.75, 3.05) is 6.61 Å². The van der Waals surface area contributed by atoms with Crippen LogP contribution in [-0.4, -0.2) is 33.1 Å². The van der Waals surface area contributed by atoms with E-state index in [0.717, 1.165) is 27.9 Å². The molecule has 1 aromatic carbocycles. The highest BCUT2D eigenvalue weighted by Crippen LogP contribution is 2.22. The number of fused-ring (bicyclic) bond motifs is 1. The maximum Gasteiger partial charge on any atom is 0.310 e. The largest absolute Gasteiger partial charge is 0.457 e. The van der Waals surface area contributed by atoms with Gasteiger partial charge in [-0.25, -0.2) is 0 Å². The normalized spacial score (nSPS) is 11.1. The molecule has 0 atom stereocenters. The fourth-order valence-corrected chi connectivity index (χ4v) is 3.56. The lowest BCUT2D eigenvalue weighted by Crippen LogP contribution is -2.16. The van der Waals surface area contributed by atoms with E-state index in [1.54, 1.807) is 18.3 Å². The lowest BCUT2D eigenvalue weighted by molar-refractivity contribution is -0.141. The molecule has 0 aliphatic heterocycles. The van der Waals surface area contributed by atoms with Crippen molar-refractivity contribution < 1.29 is 18.8 Å². The van der Waals surface area contributed by atoms with Crippen molar-refractivity contribution in [3.05, 3.63) is 70.9 Å². The Hall–Kier alpha value is -3.61. The van der Waals surface area contributed by atoms with Crippen LogP contribution in [0, 0.1) is 20.8 Å². The highest BCUT2D eigenvalue weighted by molar-refractivity contribution is 5.99. The number of H-pyrrole nitrogens is 1. The number of hydrogen-bond donors (Lipinski definition) is 1.